The van der Waals surface area contributed by atoms with Crippen LogP contribution in [0.25, 0.3) is 44.1 Å². The van der Waals surface area contributed by atoms with Crippen molar-refractivity contribution in [2.45, 2.75) is 45.6 Å². The minimum Gasteiger partial charge on any atom is -0.493 e. The Balaban J connectivity index is 1.28. The molecule has 0 radical (unpaired) electrons. The Morgan fingerprint density at radius 2 is 1.35 bits per heavy atom. The highest BCUT2D eigenvalue weighted by Crippen LogP contribution is 2.36. The Kier molecular flexibility index (Phi) is 9.05. The lowest BCUT2D eigenvalue weighted by molar-refractivity contribution is -0.116. The monoisotopic (exact) mass is 684 g/mol. The van der Waals surface area contributed by atoms with Crippen LogP contribution in [0.2, 0.25) is 0 Å². The number of methoxy groups -OCH3 is 2. The van der Waals surface area contributed by atoms with Crippen LogP contribution in [-0.2, 0) is 9.59 Å². The second kappa shape index (κ2) is 13.9. The quantitative estimate of drug-likeness (QED) is 0.162. The molecule has 1 aliphatic carbocycles. The van der Waals surface area contributed by atoms with E-state index < -0.39 is 11.5 Å². The van der Waals surface area contributed by atoms with Crippen molar-refractivity contribution in [2.75, 3.05) is 24.4 Å². The molecule has 1 fully saturated rings. The molecule has 258 valence electrons. The molecule has 1 saturated carbocycles. The maximum atomic E-state index is 13.6. The number of benzene rings is 4. The van der Waals surface area contributed by atoms with Gasteiger partial charge in [-0.1, -0.05) is 30.3 Å². The van der Waals surface area contributed by atoms with Crippen LogP contribution in [0.3, 0.4) is 0 Å². The predicted octanol–water partition coefficient (Wildman–Crippen LogP) is 7.18. The first-order chi connectivity index (χ1) is 24.7. The van der Waals surface area contributed by atoms with Gasteiger partial charge in [-0.3, -0.25) is 19.4 Å². The van der Waals surface area contributed by atoms with E-state index in [1.807, 2.05) is 60.7 Å². The van der Waals surface area contributed by atoms with Gasteiger partial charge in [0.05, 0.1) is 36.0 Å². The third-order valence-electron chi connectivity index (χ3n) is 8.90. The molecule has 0 spiro atoms. The van der Waals surface area contributed by atoms with E-state index in [1.165, 1.54) is 18.7 Å². The number of nitrogens with one attached hydrogen (secondary N) is 2. The van der Waals surface area contributed by atoms with Gasteiger partial charge in [0.1, 0.15) is 6.10 Å². The molecule has 0 unspecified atom stereocenters. The van der Waals surface area contributed by atoms with Crippen LogP contribution in [0.15, 0.2) is 83.7 Å². The van der Waals surface area contributed by atoms with E-state index in [-0.39, 0.29) is 23.9 Å². The van der Waals surface area contributed by atoms with Gasteiger partial charge in [0.25, 0.3) is 5.56 Å². The summed E-state index contributed by atoms with van der Waals surface area (Å²) < 4.78 is 17.3. The zero-order chi connectivity index (χ0) is 35.6. The fraction of sp³-hybridized carbons (Fsp3) is 0.231. The van der Waals surface area contributed by atoms with Gasteiger partial charge in [-0.2, -0.15) is 4.98 Å². The smallest absolute Gasteiger partial charge is 0.260 e. The van der Waals surface area contributed by atoms with Gasteiger partial charge in [0.15, 0.2) is 11.5 Å². The van der Waals surface area contributed by atoms with E-state index >= 15 is 0 Å². The lowest BCUT2D eigenvalue weighted by Gasteiger charge is -2.21. The van der Waals surface area contributed by atoms with Gasteiger partial charge >= 0.3 is 0 Å². The molecule has 6 aromatic rings. The Hall–Kier alpha value is -6.30. The first kappa shape index (κ1) is 33.2. The Bertz CT molecular complexity index is 2350. The minimum atomic E-state index is -0.443. The van der Waals surface area contributed by atoms with Crippen molar-refractivity contribution in [3.05, 3.63) is 89.2 Å². The number of carbonyl (C=O) groups excluding carboxylic acids is 2. The normalized spacial score (nSPS) is 12.9. The number of rotatable bonds is 9. The highest BCUT2D eigenvalue weighted by molar-refractivity contribution is 5.98. The summed E-state index contributed by atoms with van der Waals surface area (Å²) in [5.74, 6) is 0.931. The van der Waals surface area contributed by atoms with Crippen LogP contribution in [0.1, 0.15) is 39.5 Å². The second-order valence-corrected chi connectivity index (χ2v) is 12.4. The maximum absolute atomic E-state index is 13.6. The van der Waals surface area contributed by atoms with Crippen LogP contribution >= 0.6 is 0 Å². The molecular weight excluding hydrogens is 648 g/mol. The summed E-state index contributed by atoms with van der Waals surface area (Å²) in [7, 11) is 3.14. The minimum absolute atomic E-state index is 0.0130. The molecule has 12 heteroatoms. The van der Waals surface area contributed by atoms with Crippen LogP contribution in [-0.4, -0.2) is 52.1 Å². The van der Waals surface area contributed by atoms with Crippen LogP contribution < -0.4 is 30.0 Å². The fourth-order valence-corrected chi connectivity index (χ4v) is 6.38. The van der Waals surface area contributed by atoms with Crippen LogP contribution in [0.4, 0.5) is 17.6 Å². The molecule has 2 amide bonds. The Morgan fingerprint density at radius 3 is 2.02 bits per heavy atom. The number of fused-ring (bicyclic) bond motifs is 2. The SMILES string of the molecule is COc1ccc(-c2ccc3nc(N(C(C)=O)c4nc(OC5CCCC5)c5cc(-c6ccc(NC(C)=O)cc6)ccc5n4)[nH]c(=O)c3c2)cc1OC. The summed E-state index contributed by atoms with van der Waals surface area (Å²) in [6.45, 7) is 2.83. The van der Waals surface area contributed by atoms with E-state index in [0.717, 1.165) is 47.9 Å². The van der Waals surface area contributed by atoms with Gasteiger partial charge < -0.3 is 19.5 Å². The number of ether oxygens (including phenoxy) is 3. The van der Waals surface area contributed by atoms with E-state index in [2.05, 4.69) is 15.3 Å². The Morgan fingerprint density at radius 1 is 0.745 bits per heavy atom. The maximum Gasteiger partial charge on any atom is 0.260 e. The zero-order valence-corrected chi connectivity index (χ0v) is 28.6. The van der Waals surface area contributed by atoms with E-state index in [1.54, 1.807) is 32.4 Å². The Labute approximate surface area is 293 Å². The summed E-state index contributed by atoms with van der Waals surface area (Å²) >= 11 is 0. The second-order valence-electron chi connectivity index (χ2n) is 12.4. The topological polar surface area (TPSA) is 149 Å². The molecule has 0 bridgehead atoms. The zero-order valence-electron chi connectivity index (χ0n) is 28.6. The molecule has 4 aromatic carbocycles. The summed E-state index contributed by atoms with van der Waals surface area (Å²) in [5.41, 5.74) is 4.66. The number of carbonyl (C=O) groups is 2. The number of H-pyrrole nitrogens is 1. The van der Waals surface area contributed by atoms with Gasteiger partial charge in [0.2, 0.25) is 29.6 Å². The highest BCUT2D eigenvalue weighted by Gasteiger charge is 2.25. The average molecular weight is 685 g/mol. The van der Waals surface area contributed by atoms with Crippen molar-refractivity contribution in [2.24, 2.45) is 0 Å². The van der Waals surface area contributed by atoms with Crippen molar-refractivity contribution in [3.63, 3.8) is 0 Å². The first-order valence-electron chi connectivity index (χ1n) is 16.6. The number of nitrogens with zero attached hydrogens (tertiary/aromatic N) is 4. The fourth-order valence-electron chi connectivity index (χ4n) is 6.38. The molecule has 2 aromatic heterocycles. The summed E-state index contributed by atoms with van der Waals surface area (Å²) in [4.78, 5) is 56.5. The molecule has 2 heterocycles. The van der Waals surface area contributed by atoms with Crippen molar-refractivity contribution < 1.29 is 23.8 Å². The van der Waals surface area contributed by atoms with Crippen molar-refractivity contribution >= 4 is 51.2 Å². The van der Waals surface area contributed by atoms with Crippen molar-refractivity contribution in [1.82, 2.24) is 19.9 Å². The van der Waals surface area contributed by atoms with E-state index in [0.29, 0.717) is 44.9 Å². The molecule has 2 N–H and O–H groups in total. The third kappa shape index (κ3) is 6.80. The number of anilines is 3. The molecule has 1 aliphatic rings. The van der Waals surface area contributed by atoms with Crippen molar-refractivity contribution in [1.29, 1.82) is 0 Å². The van der Waals surface area contributed by atoms with Gasteiger partial charge in [0, 0.05) is 19.5 Å². The van der Waals surface area contributed by atoms with E-state index in [9.17, 15) is 14.4 Å². The van der Waals surface area contributed by atoms with Gasteiger partial charge in [-0.25, -0.2) is 14.9 Å². The van der Waals surface area contributed by atoms with Gasteiger partial charge in [-0.15, -0.1) is 0 Å². The number of aromatic amines is 1. The molecule has 0 atom stereocenters. The molecule has 0 saturated heterocycles. The average Bonchev–Trinajstić information content (AvgIpc) is 3.64. The number of aromatic nitrogens is 4. The lowest BCUT2D eigenvalue weighted by Crippen LogP contribution is -2.29. The van der Waals surface area contributed by atoms with Crippen LogP contribution in [0.5, 0.6) is 17.4 Å². The first-order valence-corrected chi connectivity index (χ1v) is 16.6. The predicted molar refractivity (Wildman–Crippen MR) is 196 cm³/mol. The molecule has 7 rings (SSSR count). The summed E-state index contributed by atoms with van der Waals surface area (Å²) in [6.07, 6.45) is 3.88. The number of hydrogen-bond donors (Lipinski definition) is 2. The number of hydrogen-bond acceptors (Lipinski definition) is 9. The molecule has 51 heavy (non-hydrogen) atoms. The molecule has 0 aliphatic heterocycles. The van der Waals surface area contributed by atoms with Gasteiger partial charge in [-0.05, 0) is 96.5 Å². The summed E-state index contributed by atoms with van der Waals surface area (Å²) in [6, 6.07) is 24.1. The molecular formula is C39H36N6O6. The largest absolute Gasteiger partial charge is 0.493 e. The lowest BCUT2D eigenvalue weighted by atomic mass is 10.0. The molecule has 12 nitrogen and oxygen atoms in total. The number of amides is 2. The van der Waals surface area contributed by atoms with E-state index in [4.69, 9.17) is 24.2 Å². The third-order valence-corrected chi connectivity index (χ3v) is 8.90. The summed E-state index contributed by atoms with van der Waals surface area (Å²) in [5, 5.41) is 3.81. The standard InChI is InChI=1S/C39H36N6O6/c1-22(46)40-28-14-9-24(10-15-28)25-11-17-33-31(20-25)37(51-29-7-5-6-8-29)44-39(42-33)45(23(2)47)38-41-32-16-12-26(19-30(32)36(48)43-38)27-13-18-34(49-3)35(21-27)50-4/h9-21,29H,5-8H2,1-4H3,(H,40,46)(H,41,43,48). The van der Waals surface area contributed by atoms with Crippen molar-refractivity contribution in [3.8, 4) is 39.6 Å². The van der Waals surface area contributed by atoms with Crippen LogP contribution in [0, 0.1) is 0 Å². The highest BCUT2D eigenvalue weighted by atomic mass is 16.5.